The Morgan fingerprint density at radius 2 is 1.97 bits per heavy atom. The fraction of sp³-hybridized carbons (Fsp3) is 0.571. The summed E-state index contributed by atoms with van der Waals surface area (Å²) >= 11 is 0. The molecule has 2 rings (SSSR count). The fourth-order valence-electron chi connectivity index (χ4n) is 3.26. The van der Waals surface area contributed by atoms with E-state index < -0.39 is 11.7 Å². The molecule has 1 aliphatic heterocycles. The topological polar surface area (TPSA) is 114 Å². The van der Waals surface area contributed by atoms with Gasteiger partial charge in [0.2, 0.25) is 11.8 Å². The van der Waals surface area contributed by atoms with Gasteiger partial charge in [0.1, 0.15) is 5.60 Å². The molecule has 1 aliphatic rings. The van der Waals surface area contributed by atoms with E-state index in [2.05, 4.69) is 15.5 Å². The van der Waals surface area contributed by atoms with Crippen LogP contribution in [0.1, 0.15) is 45.6 Å². The highest BCUT2D eigenvalue weighted by Gasteiger charge is 2.24. The van der Waals surface area contributed by atoms with E-state index in [9.17, 15) is 14.4 Å². The van der Waals surface area contributed by atoms with Crippen molar-refractivity contribution in [2.45, 2.75) is 52.2 Å². The number of anilines is 1. The normalized spacial score (nSPS) is 17.4. The molecular formula is C21H32N4O4. The standard InChI is InChI=1S/C21H32N4O4/c1-21(2,3)29-20(28)23-11-10-18(26)24-17-9-5-4-7-15(17)13-25-12-6-8-16(14-25)19(22)27/h4-5,7,9,16H,6,8,10-14H2,1-3H3,(H2,22,27)(H,23,28)(H,24,26). The van der Waals surface area contributed by atoms with E-state index in [0.717, 1.165) is 30.6 Å². The van der Waals surface area contributed by atoms with Crippen LogP contribution in [0, 0.1) is 5.92 Å². The Labute approximate surface area is 172 Å². The van der Waals surface area contributed by atoms with Gasteiger partial charge in [0, 0.05) is 31.7 Å². The summed E-state index contributed by atoms with van der Waals surface area (Å²) in [6.07, 6.45) is 1.36. The van der Waals surface area contributed by atoms with Gasteiger partial charge in [0.15, 0.2) is 0 Å². The average Bonchev–Trinajstić information content (AvgIpc) is 2.62. The molecule has 8 nitrogen and oxygen atoms in total. The molecule has 8 heteroatoms. The summed E-state index contributed by atoms with van der Waals surface area (Å²) in [5.74, 6) is -0.569. The Morgan fingerprint density at radius 3 is 2.66 bits per heavy atom. The summed E-state index contributed by atoms with van der Waals surface area (Å²) in [5.41, 5.74) is 6.59. The molecule has 1 saturated heterocycles. The zero-order valence-electron chi connectivity index (χ0n) is 17.5. The van der Waals surface area contributed by atoms with Gasteiger partial charge in [-0.2, -0.15) is 0 Å². The Hall–Kier alpha value is -2.61. The molecule has 160 valence electrons. The number of nitrogens with two attached hydrogens (primary N) is 1. The Bertz CT molecular complexity index is 730. The van der Waals surface area contributed by atoms with E-state index in [4.69, 9.17) is 10.5 Å². The van der Waals surface area contributed by atoms with Crippen LogP contribution < -0.4 is 16.4 Å². The van der Waals surface area contributed by atoms with Crippen molar-refractivity contribution < 1.29 is 19.1 Å². The molecule has 1 fully saturated rings. The van der Waals surface area contributed by atoms with E-state index in [-0.39, 0.29) is 30.7 Å². The SMILES string of the molecule is CC(C)(C)OC(=O)NCCC(=O)Nc1ccccc1CN1CCCC(C(N)=O)C1. The number of amides is 3. The van der Waals surface area contributed by atoms with Crippen molar-refractivity contribution in [3.63, 3.8) is 0 Å². The van der Waals surface area contributed by atoms with Crippen LogP contribution in [0.25, 0.3) is 0 Å². The van der Waals surface area contributed by atoms with Gasteiger partial charge in [0.05, 0.1) is 5.92 Å². The maximum absolute atomic E-state index is 12.3. The molecular weight excluding hydrogens is 372 g/mol. The molecule has 0 spiro atoms. The van der Waals surface area contributed by atoms with Crippen LogP contribution in [-0.2, 0) is 20.9 Å². The molecule has 0 aromatic heterocycles. The maximum Gasteiger partial charge on any atom is 0.407 e. The van der Waals surface area contributed by atoms with Crippen molar-refractivity contribution in [3.8, 4) is 0 Å². The number of para-hydroxylation sites is 1. The second kappa shape index (κ2) is 10.2. The Balaban J connectivity index is 1.86. The number of primary amides is 1. The lowest BCUT2D eigenvalue weighted by Gasteiger charge is -2.31. The first kappa shape index (κ1) is 22.7. The van der Waals surface area contributed by atoms with Crippen LogP contribution >= 0.6 is 0 Å². The van der Waals surface area contributed by atoms with Crippen LogP contribution in [-0.4, -0.2) is 48.0 Å². The minimum atomic E-state index is -0.576. The van der Waals surface area contributed by atoms with Crippen LogP contribution in [0.3, 0.4) is 0 Å². The van der Waals surface area contributed by atoms with Gasteiger partial charge in [-0.1, -0.05) is 18.2 Å². The van der Waals surface area contributed by atoms with Gasteiger partial charge in [0.25, 0.3) is 0 Å². The number of nitrogens with zero attached hydrogens (tertiary/aromatic N) is 1. The smallest absolute Gasteiger partial charge is 0.407 e. The highest BCUT2D eigenvalue weighted by Crippen LogP contribution is 2.22. The molecule has 1 atom stereocenters. The summed E-state index contributed by atoms with van der Waals surface area (Å²) in [6.45, 7) is 7.70. The third-order valence-electron chi connectivity index (χ3n) is 4.61. The first-order valence-electron chi connectivity index (χ1n) is 10.0. The molecule has 1 aromatic carbocycles. The minimum absolute atomic E-state index is 0.121. The molecule has 1 aromatic rings. The lowest BCUT2D eigenvalue weighted by atomic mass is 9.97. The second-order valence-electron chi connectivity index (χ2n) is 8.36. The number of hydrogen-bond acceptors (Lipinski definition) is 5. The van der Waals surface area contributed by atoms with E-state index in [1.165, 1.54) is 0 Å². The number of nitrogens with one attached hydrogen (secondary N) is 2. The predicted molar refractivity (Wildman–Crippen MR) is 111 cm³/mol. The van der Waals surface area contributed by atoms with E-state index >= 15 is 0 Å². The van der Waals surface area contributed by atoms with E-state index in [0.29, 0.717) is 13.1 Å². The third kappa shape index (κ3) is 8.11. The van der Waals surface area contributed by atoms with E-state index in [1.807, 2.05) is 24.3 Å². The van der Waals surface area contributed by atoms with Gasteiger partial charge < -0.3 is 21.1 Å². The highest BCUT2D eigenvalue weighted by molar-refractivity contribution is 5.91. The summed E-state index contributed by atoms with van der Waals surface area (Å²) in [6, 6.07) is 7.59. The average molecular weight is 405 g/mol. The number of piperidine rings is 1. The van der Waals surface area contributed by atoms with Crippen LogP contribution in [0.15, 0.2) is 24.3 Å². The number of ether oxygens (including phenoxy) is 1. The van der Waals surface area contributed by atoms with Crippen LogP contribution in [0.5, 0.6) is 0 Å². The maximum atomic E-state index is 12.3. The largest absolute Gasteiger partial charge is 0.444 e. The third-order valence-corrected chi connectivity index (χ3v) is 4.61. The molecule has 4 N–H and O–H groups in total. The second-order valence-corrected chi connectivity index (χ2v) is 8.36. The highest BCUT2D eigenvalue weighted by atomic mass is 16.6. The molecule has 1 heterocycles. The van der Waals surface area contributed by atoms with Gasteiger partial charge in [-0.15, -0.1) is 0 Å². The zero-order chi connectivity index (χ0) is 21.4. The molecule has 0 bridgehead atoms. The number of hydrogen-bond donors (Lipinski definition) is 3. The summed E-state index contributed by atoms with van der Waals surface area (Å²) in [7, 11) is 0. The molecule has 1 unspecified atom stereocenters. The monoisotopic (exact) mass is 404 g/mol. The first-order chi connectivity index (χ1) is 13.6. The van der Waals surface area contributed by atoms with Crippen LogP contribution in [0.4, 0.5) is 10.5 Å². The zero-order valence-corrected chi connectivity index (χ0v) is 17.5. The van der Waals surface area contributed by atoms with Gasteiger partial charge >= 0.3 is 6.09 Å². The fourth-order valence-corrected chi connectivity index (χ4v) is 3.26. The van der Waals surface area contributed by atoms with Crippen molar-refractivity contribution in [2.24, 2.45) is 11.7 Å². The van der Waals surface area contributed by atoms with E-state index in [1.54, 1.807) is 20.8 Å². The van der Waals surface area contributed by atoms with Crippen molar-refractivity contribution in [1.29, 1.82) is 0 Å². The van der Waals surface area contributed by atoms with Crippen molar-refractivity contribution in [3.05, 3.63) is 29.8 Å². The molecule has 0 aliphatic carbocycles. The molecule has 3 amide bonds. The van der Waals surface area contributed by atoms with Crippen molar-refractivity contribution in [2.75, 3.05) is 25.0 Å². The quantitative estimate of drug-likeness (QED) is 0.645. The summed E-state index contributed by atoms with van der Waals surface area (Å²) in [4.78, 5) is 37.6. The summed E-state index contributed by atoms with van der Waals surface area (Å²) < 4.78 is 5.15. The number of carbonyl (C=O) groups excluding carboxylic acids is 3. The van der Waals surface area contributed by atoms with Crippen molar-refractivity contribution in [1.82, 2.24) is 10.2 Å². The van der Waals surface area contributed by atoms with Crippen LogP contribution in [0.2, 0.25) is 0 Å². The lowest BCUT2D eigenvalue weighted by Crippen LogP contribution is -2.40. The first-order valence-corrected chi connectivity index (χ1v) is 10.0. The number of carbonyl (C=O) groups is 3. The number of likely N-dealkylation sites (tertiary alicyclic amines) is 1. The predicted octanol–water partition coefficient (Wildman–Crippen LogP) is 2.24. The molecule has 29 heavy (non-hydrogen) atoms. The number of benzene rings is 1. The molecule has 0 radical (unpaired) electrons. The van der Waals surface area contributed by atoms with Crippen molar-refractivity contribution >= 4 is 23.6 Å². The number of rotatable bonds is 7. The summed E-state index contributed by atoms with van der Waals surface area (Å²) in [5, 5.41) is 5.48. The lowest BCUT2D eigenvalue weighted by molar-refractivity contribution is -0.123. The minimum Gasteiger partial charge on any atom is -0.444 e. The number of alkyl carbamates (subject to hydrolysis) is 1. The van der Waals surface area contributed by atoms with Gasteiger partial charge in [-0.25, -0.2) is 4.79 Å². The molecule has 0 saturated carbocycles. The Morgan fingerprint density at radius 1 is 1.24 bits per heavy atom. The Kier molecular flexibility index (Phi) is 8.01. The van der Waals surface area contributed by atoms with Gasteiger partial charge in [-0.3, -0.25) is 14.5 Å². The van der Waals surface area contributed by atoms with Gasteiger partial charge in [-0.05, 0) is 51.8 Å².